The van der Waals surface area contributed by atoms with E-state index in [0.717, 1.165) is 18.4 Å². The lowest BCUT2D eigenvalue weighted by Gasteiger charge is -2.20. The minimum atomic E-state index is -0.321. The van der Waals surface area contributed by atoms with Crippen LogP contribution >= 0.6 is 0 Å². The largest absolute Gasteiger partial charge is 0.488 e. The normalized spacial score (nSPS) is 15.5. The molecule has 2 aromatic rings. The van der Waals surface area contributed by atoms with E-state index in [1.54, 1.807) is 24.7 Å². The first kappa shape index (κ1) is 14.9. The van der Waals surface area contributed by atoms with Gasteiger partial charge in [-0.25, -0.2) is 4.39 Å². The Morgan fingerprint density at radius 1 is 1.18 bits per heavy atom. The molecule has 0 spiro atoms. The summed E-state index contributed by atoms with van der Waals surface area (Å²) in [6, 6.07) is 3.81. The van der Waals surface area contributed by atoms with Gasteiger partial charge in [-0.05, 0) is 38.7 Å². The molecule has 0 atom stereocenters. The van der Waals surface area contributed by atoms with Crippen LogP contribution < -0.4 is 4.74 Å². The Kier molecular flexibility index (Phi) is 4.36. The molecule has 4 heteroatoms. The first-order valence-electron chi connectivity index (χ1n) is 7.92. The lowest BCUT2D eigenvalue weighted by molar-refractivity contribution is 0.227. The molecule has 0 aliphatic heterocycles. The van der Waals surface area contributed by atoms with Crippen LogP contribution in [0.4, 0.5) is 4.39 Å². The molecule has 0 amide bonds. The highest BCUT2D eigenvalue weighted by atomic mass is 19.1. The van der Waals surface area contributed by atoms with Crippen molar-refractivity contribution in [3.8, 4) is 17.0 Å². The SMILES string of the molecule is CC(C)Oc1c(C2CCCC2)ccc(-c2cnccn2)c1F. The first-order chi connectivity index (χ1) is 10.7. The Labute approximate surface area is 130 Å². The molecular formula is C18H21FN2O. The van der Waals surface area contributed by atoms with Crippen molar-refractivity contribution in [2.45, 2.75) is 51.6 Å². The topological polar surface area (TPSA) is 35.0 Å². The highest BCUT2D eigenvalue weighted by Crippen LogP contribution is 2.42. The van der Waals surface area contributed by atoms with Crippen LogP contribution in [-0.2, 0) is 0 Å². The van der Waals surface area contributed by atoms with E-state index in [1.807, 2.05) is 19.9 Å². The molecule has 3 rings (SSSR count). The number of hydrogen-bond donors (Lipinski definition) is 0. The van der Waals surface area contributed by atoms with Gasteiger partial charge in [0.05, 0.1) is 18.0 Å². The summed E-state index contributed by atoms with van der Waals surface area (Å²) < 4.78 is 20.9. The number of hydrogen-bond acceptors (Lipinski definition) is 3. The fourth-order valence-corrected chi connectivity index (χ4v) is 3.12. The minimum absolute atomic E-state index is 0.0632. The van der Waals surface area contributed by atoms with Crippen LogP contribution in [-0.4, -0.2) is 16.1 Å². The third kappa shape index (κ3) is 2.96. The zero-order valence-corrected chi connectivity index (χ0v) is 13.1. The number of nitrogens with zero attached hydrogens (tertiary/aromatic N) is 2. The highest BCUT2D eigenvalue weighted by Gasteiger charge is 2.25. The predicted octanol–water partition coefficient (Wildman–Crippen LogP) is 4.73. The van der Waals surface area contributed by atoms with Gasteiger partial charge >= 0.3 is 0 Å². The second kappa shape index (κ2) is 6.42. The van der Waals surface area contributed by atoms with Crippen LogP contribution in [0, 0.1) is 5.82 Å². The van der Waals surface area contributed by atoms with E-state index in [4.69, 9.17) is 4.74 Å². The zero-order valence-electron chi connectivity index (χ0n) is 13.1. The number of benzene rings is 1. The Hall–Kier alpha value is -1.97. The van der Waals surface area contributed by atoms with Gasteiger partial charge in [-0.1, -0.05) is 18.9 Å². The fraction of sp³-hybridized carbons (Fsp3) is 0.444. The Bertz CT molecular complexity index is 637. The lowest BCUT2D eigenvalue weighted by atomic mass is 9.94. The molecule has 1 aliphatic carbocycles. The molecule has 1 heterocycles. The van der Waals surface area contributed by atoms with Gasteiger partial charge in [-0.15, -0.1) is 0 Å². The molecular weight excluding hydrogens is 279 g/mol. The van der Waals surface area contributed by atoms with Crippen molar-refractivity contribution < 1.29 is 9.13 Å². The summed E-state index contributed by atoms with van der Waals surface area (Å²) in [4.78, 5) is 8.22. The van der Waals surface area contributed by atoms with Crippen LogP contribution in [0.5, 0.6) is 5.75 Å². The smallest absolute Gasteiger partial charge is 0.174 e. The first-order valence-corrected chi connectivity index (χ1v) is 7.92. The maximum Gasteiger partial charge on any atom is 0.174 e. The maximum absolute atomic E-state index is 15.0. The third-order valence-corrected chi connectivity index (χ3v) is 4.12. The second-order valence-electron chi connectivity index (χ2n) is 6.08. The van der Waals surface area contributed by atoms with Crippen molar-refractivity contribution >= 4 is 0 Å². The monoisotopic (exact) mass is 300 g/mol. The van der Waals surface area contributed by atoms with Crippen LogP contribution in [0.25, 0.3) is 11.3 Å². The van der Waals surface area contributed by atoms with Gasteiger partial charge in [0.2, 0.25) is 0 Å². The number of halogens is 1. The summed E-state index contributed by atoms with van der Waals surface area (Å²) in [5.74, 6) is 0.475. The zero-order chi connectivity index (χ0) is 15.5. The molecule has 0 N–H and O–H groups in total. The van der Waals surface area contributed by atoms with Crippen molar-refractivity contribution in [3.05, 3.63) is 42.1 Å². The summed E-state index contributed by atoms with van der Waals surface area (Å²) in [6.45, 7) is 3.85. The van der Waals surface area contributed by atoms with Gasteiger partial charge in [-0.2, -0.15) is 0 Å². The van der Waals surface area contributed by atoms with E-state index in [1.165, 1.54) is 12.8 Å². The van der Waals surface area contributed by atoms with Gasteiger partial charge in [0.1, 0.15) is 0 Å². The summed E-state index contributed by atoms with van der Waals surface area (Å²) in [5, 5.41) is 0. The molecule has 0 unspecified atom stereocenters. The average Bonchev–Trinajstić information content (AvgIpc) is 3.04. The molecule has 0 radical (unpaired) electrons. The molecule has 0 saturated heterocycles. The third-order valence-electron chi connectivity index (χ3n) is 4.12. The molecule has 1 aliphatic rings. The molecule has 22 heavy (non-hydrogen) atoms. The summed E-state index contributed by atoms with van der Waals surface area (Å²) in [7, 11) is 0. The van der Waals surface area contributed by atoms with E-state index in [2.05, 4.69) is 9.97 Å². The Morgan fingerprint density at radius 3 is 2.59 bits per heavy atom. The molecule has 3 nitrogen and oxygen atoms in total. The maximum atomic E-state index is 15.0. The minimum Gasteiger partial charge on any atom is -0.488 e. The van der Waals surface area contributed by atoms with Gasteiger partial charge < -0.3 is 4.74 Å². The molecule has 1 saturated carbocycles. The average molecular weight is 300 g/mol. The van der Waals surface area contributed by atoms with E-state index < -0.39 is 0 Å². The van der Waals surface area contributed by atoms with Crippen LogP contribution in [0.1, 0.15) is 51.0 Å². The van der Waals surface area contributed by atoms with E-state index in [0.29, 0.717) is 22.9 Å². The summed E-state index contributed by atoms with van der Waals surface area (Å²) in [5.41, 5.74) is 1.98. The second-order valence-corrected chi connectivity index (χ2v) is 6.08. The highest BCUT2D eigenvalue weighted by molar-refractivity contribution is 5.63. The number of aromatic nitrogens is 2. The van der Waals surface area contributed by atoms with Gasteiger partial charge in [0.15, 0.2) is 11.6 Å². The van der Waals surface area contributed by atoms with Crippen molar-refractivity contribution in [2.75, 3.05) is 0 Å². The molecule has 1 aromatic heterocycles. The van der Waals surface area contributed by atoms with Crippen molar-refractivity contribution in [3.63, 3.8) is 0 Å². The number of rotatable bonds is 4. The summed E-state index contributed by atoms with van der Waals surface area (Å²) in [6.07, 6.45) is 9.30. The fourth-order valence-electron chi connectivity index (χ4n) is 3.12. The van der Waals surface area contributed by atoms with Gasteiger partial charge in [0, 0.05) is 23.5 Å². The van der Waals surface area contributed by atoms with Gasteiger partial charge in [0.25, 0.3) is 0 Å². The van der Waals surface area contributed by atoms with Crippen LogP contribution in [0.15, 0.2) is 30.7 Å². The van der Waals surface area contributed by atoms with Crippen LogP contribution in [0.2, 0.25) is 0 Å². The quantitative estimate of drug-likeness (QED) is 0.819. The predicted molar refractivity (Wildman–Crippen MR) is 84.4 cm³/mol. The molecule has 1 fully saturated rings. The Balaban J connectivity index is 2.07. The van der Waals surface area contributed by atoms with Crippen LogP contribution in [0.3, 0.4) is 0 Å². The molecule has 0 bridgehead atoms. The number of ether oxygens (including phenoxy) is 1. The summed E-state index contributed by atoms with van der Waals surface area (Å²) >= 11 is 0. The van der Waals surface area contributed by atoms with Crippen molar-refractivity contribution in [2.24, 2.45) is 0 Å². The van der Waals surface area contributed by atoms with E-state index in [9.17, 15) is 0 Å². The van der Waals surface area contributed by atoms with Gasteiger partial charge in [-0.3, -0.25) is 9.97 Å². The lowest BCUT2D eigenvalue weighted by Crippen LogP contribution is -2.11. The van der Waals surface area contributed by atoms with Crippen molar-refractivity contribution in [1.29, 1.82) is 0 Å². The van der Waals surface area contributed by atoms with E-state index >= 15 is 4.39 Å². The van der Waals surface area contributed by atoms with E-state index in [-0.39, 0.29) is 11.9 Å². The standard InChI is InChI=1S/C18H21FN2O/c1-12(2)22-18-14(13-5-3-4-6-13)7-8-15(17(18)19)16-11-20-9-10-21-16/h7-13H,3-6H2,1-2H3. The van der Waals surface area contributed by atoms with Crippen molar-refractivity contribution in [1.82, 2.24) is 9.97 Å². The Morgan fingerprint density at radius 2 is 1.95 bits per heavy atom. The molecule has 1 aromatic carbocycles. The molecule has 116 valence electrons.